The second-order valence-electron chi connectivity index (χ2n) is 4.48. The van der Waals surface area contributed by atoms with Gasteiger partial charge in [-0.25, -0.2) is 0 Å². The van der Waals surface area contributed by atoms with Gasteiger partial charge < -0.3 is 0 Å². The summed E-state index contributed by atoms with van der Waals surface area (Å²) in [6.07, 6.45) is 8.83. The van der Waals surface area contributed by atoms with Gasteiger partial charge >= 0.3 is 0 Å². The summed E-state index contributed by atoms with van der Waals surface area (Å²) < 4.78 is 1.82. The predicted octanol–water partition coefficient (Wildman–Crippen LogP) is 1.79. The number of allylic oxidation sites excluding steroid dienone is 3. The van der Waals surface area contributed by atoms with E-state index in [9.17, 15) is 9.59 Å². The van der Waals surface area contributed by atoms with Crippen LogP contribution in [0.15, 0.2) is 48.2 Å². The van der Waals surface area contributed by atoms with Gasteiger partial charge in [0.25, 0.3) is 0 Å². The molecule has 0 unspecified atom stereocenters. The molecular weight excluding hydrogens is 252 g/mol. The zero-order valence-corrected chi connectivity index (χ0v) is 11.9. The monoisotopic (exact) mass is 271 g/mol. The van der Waals surface area contributed by atoms with E-state index >= 15 is 0 Å². The largest absolute Gasteiger partial charge is 0.298 e. The van der Waals surface area contributed by atoms with Crippen molar-refractivity contribution in [2.75, 3.05) is 6.54 Å². The first-order valence-electron chi connectivity index (χ1n) is 6.34. The average Bonchev–Trinajstić information content (AvgIpc) is 2.39. The van der Waals surface area contributed by atoms with Crippen LogP contribution in [0.1, 0.15) is 19.4 Å². The second-order valence-corrected chi connectivity index (χ2v) is 4.48. The summed E-state index contributed by atoms with van der Waals surface area (Å²) >= 11 is 0. The highest BCUT2D eigenvalue weighted by Gasteiger charge is 2.05. The van der Waals surface area contributed by atoms with Crippen LogP contribution in [0.25, 0.3) is 5.57 Å². The normalized spacial score (nSPS) is 11.6. The molecule has 0 saturated heterocycles. The Hall–Kier alpha value is -2.36. The van der Waals surface area contributed by atoms with E-state index in [1.807, 2.05) is 29.1 Å². The van der Waals surface area contributed by atoms with Crippen LogP contribution in [0.4, 0.5) is 0 Å². The molecule has 0 saturated carbocycles. The molecule has 0 aliphatic heterocycles. The van der Waals surface area contributed by atoms with E-state index in [2.05, 4.69) is 11.6 Å². The molecule has 4 heteroatoms. The molecule has 20 heavy (non-hydrogen) atoms. The van der Waals surface area contributed by atoms with Crippen LogP contribution >= 0.6 is 0 Å². The molecule has 0 aromatic carbocycles. The van der Waals surface area contributed by atoms with Crippen LogP contribution in [-0.4, -0.2) is 24.3 Å². The molecule has 0 N–H and O–H groups in total. The number of nitrogens with zero attached hydrogens (tertiary/aromatic N) is 2. The van der Waals surface area contributed by atoms with E-state index in [1.165, 1.54) is 6.92 Å². The fourth-order valence-corrected chi connectivity index (χ4v) is 1.61. The van der Waals surface area contributed by atoms with Gasteiger partial charge in [-0.2, -0.15) is 4.57 Å². The number of carbonyl (C=O) groups excluding carboxylic acids is 2. The van der Waals surface area contributed by atoms with Gasteiger partial charge in [0.2, 0.25) is 6.54 Å². The van der Waals surface area contributed by atoms with Crippen LogP contribution in [0.2, 0.25) is 0 Å². The zero-order valence-electron chi connectivity index (χ0n) is 11.9. The lowest BCUT2D eigenvalue weighted by molar-refractivity contribution is -0.684. The summed E-state index contributed by atoms with van der Waals surface area (Å²) in [7, 11) is 0. The minimum absolute atomic E-state index is 0.0276. The molecule has 0 bridgehead atoms. The van der Waals surface area contributed by atoms with Crippen LogP contribution < -0.4 is 4.57 Å². The molecular formula is C16H19N2O2+. The topological polar surface area (TPSA) is 50.4 Å². The van der Waals surface area contributed by atoms with Crippen molar-refractivity contribution in [1.82, 2.24) is 0 Å². The van der Waals surface area contributed by atoms with Crippen LogP contribution in [0, 0.1) is 0 Å². The van der Waals surface area contributed by atoms with Crippen LogP contribution in [0.5, 0.6) is 0 Å². The summed E-state index contributed by atoms with van der Waals surface area (Å²) in [6, 6.07) is 3.82. The number of pyridine rings is 1. The van der Waals surface area contributed by atoms with Crippen molar-refractivity contribution >= 4 is 23.4 Å². The average molecular weight is 271 g/mol. The van der Waals surface area contributed by atoms with Gasteiger partial charge in [-0.15, -0.1) is 0 Å². The number of aromatic nitrogens is 1. The van der Waals surface area contributed by atoms with E-state index in [4.69, 9.17) is 0 Å². The number of carbonyl (C=O) groups is 2. The van der Waals surface area contributed by atoms with Crippen molar-refractivity contribution < 1.29 is 14.2 Å². The molecule has 0 aliphatic carbocycles. The number of Topliss-reactive ketones (excluding diaryl/α,β-unsaturated/α-hetero) is 2. The van der Waals surface area contributed by atoms with E-state index in [0.717, 1.165) is 11.1 Å². The Labute approximate surface area is 119 Å². The Morgan fingerprint density at radius 1 is 1.25 bits per heavy atom. The maximum Gasteiger partial charge on any atom is 0.206 e. The predicted molar refractivity (Wildman–Crippen MR) is 79.5 cm³/mol. The van der Waals surface area contributed by atoms with Gasteiger partial charge in [0.15, 0.2) is 24.0 Å². The quantitative estimate of drug-likeness (QED) is 0.431. The van der Waals surface area contributed by atoms with E-state index < -0.39 is 0 Å². The van der Waals surface area contributed by atoms with E-state index in [0.29, 0.717) is 6.54 Å². The Bertz CT molecular complexity index is 554. The van der Waals surface area contributed by atoms with Gasteiger partial charge in [-0.05, 0) is 24.1 Å². The van der Waals surface area contributed by atoms with Crippen molar-refractivity contribution in [1.29, 1.82) is 0 Å². The lowest BCUT2D eigenvalue weighted by Gasteiger charge is -2.00. The Morgan fingerprint density at radius 3 is 2.40 bits per heavy atom. The van der Waals surface area contributed by atoms with Crippen molar-refractivity contribution in [3.05, 3.63) is 48.8 Å². The van der Waals surface area contributed by atoms with Gasteiger partial charge in [-0.3, -0.25) is 14.6 Å². The first-order valence-corrected chi connectivity index (χ1v) is 6.34. The highest BCUT2D eigenvalue weighted by molar-refractivity contribution is 5.89. The molecule has 1 rings (SSSR count). The maximum atomic E-state index is 11.0. The van der Waals surface area contributed by atoms with Gasteiger partial charge in [0, 0.05) is 25.3 Å². The summed E-state index contributed by atoms with van der Waals surface area (Å²) in [6.45, 7) is 7.38. The Kier molecular flexibility index (Phi) is 6.23. The lowest BCUT2D eigenvalue weighted by atomic mass is 10.1. The summed E-state index contributed by atoms with van der Waals surface area (Å²) in [5.41, 5.74) is 1.89. The number of rotatable bonds is 7. The highest BCUT2D eigenvalue weighted by Crippen LogP contribution is 2.12. The molecule has 4 nitrogen and oxygen atoms in total. The SMILES string of the molecule is C=C/C(=C\C=N\CC(C)=O)c1cc[n+](CC(C)=O)cc1. The summed E-state index contributed by atoms with van der Waals surface area (Å²) in [5, 5.41) is 0. The smallest absolute Gasteiger partial charge is 0.206 e. The molecule has 1 aromatic rings. The molecule has 0 amide bonds. The van der Waals surface area contributed by atoms with E-state index in [1.54, 1.807) is 25.3 Å². The number of hydrogen-bond donors (Lipinski definition) is 0. The third-order valence-electron chi connectivity index (χ3n) is 2.52. The first kappa shape index (κ1) is 15.7. The van der Waals surface area contributed by atoms with Gasteiger partial charge in [-0.1, -0.05) is 12.7 Å². The highest BCUT2D eigenvalue weighted by atomic mass is 16.1. The molecule has 0 aliphatic rings. The first-order chi connectivity index (χ1) is 9.52. The maximum absolute atomic E-state index is 11.0. The van der Waals surface area contributed by atoms with Crippen molar-refractivity contribution in [3.63, 3.8) is 0 Å². The Balaban J connectivity index is 2.82. The number of hydrogen-bond acceptors (Lipinski definition) is 3. The van der Waals surface area contributed by atoms with Gasteiger partial charge in [0.05, 0.1) is 6.54 Å². The third kappa shape index (κ3) is 5.52. The lowest BCUT2D eigenvalue weighted by Crippen LogP contribution is -2.36. The van der Waals surface area contributed by atoms with Gasteiger partial charge in [0.1, 0.15) is 0 Å². The van der Waals surface area contributed by atoms with Crippen molar-refractivity contribution in [3.8, 4) is 0 Å². The molecule has 1 heterocycles. The fraction of sp³-hybridized carbons (Fsp3) is 0.250. The third-order valence-corrected chi connectivity index (χ3v) is 2.52. The minimum Gasteiger partial charge on any atom is -0.298 e. The standard InChI is InChI=1S/C16H19N2O2/c1-4-15(5-8-17-11-13(2)19)16-6-9-18(10-7-16)12-14(3)20/h4-10H,1,11-12H2,2-3H3/q+1/b15-5+,17-8+. The van der Waals surface area contributed by atoms with E-state index in [-0.39, 0.29) is 18.1 Å². The number of ketones is 2. The molecule has 0 spiro atoms. The van der Waals surface area contributed by atoms with Crippen LogP contribution in [0.3, 0.4) is 0 Å². The number of aliphatic imine (C=N–C) groups is 1. The van der Waals surface area contributed by atoms with Crippen molar-refractivity contribution in [2.24, 2.45) is 4.99 Å². The molecule has 0 atom stereocenters. The minimum atomic E-state index is 0.0276. The Morgan fingerprint density at radius 2 is 1.90 bits per heavy atom. The van der Waals surface area contributed by atoms with Crippen LogP contribution in [-0.2, 0) is 16.1 Å². The molecule has 104 valence electrons. The summed E-state index contributed by atoms with van der Waals surface area (Å²) in [5.74, 6) is 0.137. The zero-order chi connectivity index (χ0) is 15.0. The fourth-order valence-electron chi connectivity index (χ4n) is 1.61. The second kappa shape index (κ2) is 7.94. The molecule has 0 radical (unpaired) electrons. The van der Waals surface area contributed by atoms with Crippen molar-refractivity contribution in [2.45, 2.75) is 20.4 Å². The molecule has 0 fully saturated rings. The molecule has 1 aromatic heterocycles. The summed E-state index contributed by atoms with van der Waals surface area (Å²) in [4.78, 5) is 25.8.